The Labute approximate surface area is 153 Å². The third kappa shape index (κ3) is 5.46. The van der Waals surface area contributed by atoms with Crippen molar-refractivity contribution in [3.8, 4) is 5.75 Å². The van der Waals surface area contributed by atoms with Crippen LogP contribution in [0.1, 0.15) is 6.42 Å². The van der Waals surface area contributed by atoms with Gasteiger partial charge in [-0.25, -0.2) is 5.11 Å². The van der Waals surface area contributed by atoms with E-state index >= 15 is 0 Å². The van der Waals surface area contributed by atoms with Crippen molar-refractivity contribution in [3.05, 3.63) is 90.2 Å². The summed E-state index contributed by atoms with van der Waals surface area (Å²) in [5.74, 6) is 0.688. The van der Waals surface area contributed by atoms with Crippen LogP contribution in [0.3, 0.4) is 0 Å². The van der Waals surface area contributed by atoms with Crippen LogP contribution in [0.4, 0.5) is 11.4 Å². The van der Waals surface area contributed by atoms with Crippen molar-refractivity contribution in [1.82, 2.24) is 10.3 Å². The van der Waals surface area contributed by atoms with Crippen LogP contribution in [0.25, 0.3) is 0 Å². The summed E-state index contributed by atoms with van der Waals surface area (Å²) in [7, 11) is 0. The van der Waals surface area contributed by atoms with E-state index in [1.165, 1.54) is 0 Å². The maximum absolute atomic E-state index is 10.4. The molecule has 4 nitrogen and oxygen atoms in total. The fraction of sp³-hybridized carbons (Fsp3) is 0.136. The molecule has 1 aliphatic carbocycles. The summed E-state index contributed by atoms with van der Waals surface area (Å²) in [6, 6.07) is 17.9. The second kappa shape index (κ2) is 9.39. The van der Waals surface area contributed by atoms with E-state index in [0.717, 1.165) is 28.9 Å². The van der Waals surface area contributed by atoms with Crippen molar-refractivity contribution in [2.24, 2.45) is 0 Å². The van der Waals surface area contributed by atoms with Gasteiger partial charge in [0.1, 0.15) is 19.0 Å². The topological polar surface area (TPSA) is 57.3 Å². The number of allylic oxidation sites excluding steroid dienone is 5. The molecule has 0 saturated carbocycles. The number of benzene rings is 2. The molecule has 4 radical (unpaired) electrons. The number of rotatable bonds is 7. The van der Waals surface area contributed by atoms with Gasteiger partial charge in [-0.15, -0.1) is 0 Å². The lowest BCUT2D eigenvalue weighted by molar-refractivity contribution is 0.138. The first-order valence-corrected chi connectivity index (χ1v) is 8.43. The minimum Gasteiger partial charge on any atom is -0.491 e. The normalized spacial score (nSPS) is 15.3. The van der Waals surface area contributed by atoms with Crippen LogP contribution in [0.15, 0.2) is 84.1 Å². The molecule has 0 aliphatic heterocycles. The third-order valence-electron chi connectivity index (χ3n) is 3.69. The summed E-state index contributed by atoms with van der Waals surface area (Å²) >= 11 is 0. The molecule has 4 heteroatoms. The van der Waals surface area contributed by atoms with Crippen LogP contribution < -0.4 is 15.0 Å². The molecule has 0 aromatic heterocycles. The van der Waals surface area contributed by atoms with Crippen molar-refractivity contribution in [1.29, 1.82) is 0 Å². The Bertz CT molecular complexity index is 819. The summed E-state index contributed by atoms with van der Waals surface area (Å²) < 4.78 is 5.27. The summed E-state index contributed by atoms with van der Waals surface area (Å²) in [4.78, 5) is 4.44. The van der Waals surface area contributed by atoms with E-state index in [0.29, 0.717) is 5.75 Å². The molecule has 3 rings (SSSR count). The van der Waals surface area contributed by atoms with E-state index in [9.17, 15) is 5.11 Å². The van der Waals surface area contributed by atoms with E-state index in [2.05, 4.69) is 28.5 Å². The number of ether oxygens (including phenoxy) is 1. The summed E-state index contributed by atoms with van der Waals surface area (Å²) in [6.07, 6.45) is 10.7. The van der Waals surface area contributed by atoms with Crippen molar-refractivity contribution >= 4 is 17.6 Å². The molecule has 0 unspecified atom stereocenters. The molecule has 1 aliphatic rings. The van der Waals surface area contributed by atoms with Gasteiger partial charge in [0.05, 0.1) is 10.7 Å². The quantitative estimate of drug-likeness (QED) is 0.700. The SMILES string of the molecule is [O]CCOc1ccc([N]C=C2C=CC(C=[N+]c3cc[c]cc3)=CC2)cc1. The first-order chi connectivity index (χ1) is 12.8. The van der Waals surface area contributed by atoms with E-state index in [1.54, 1.807) is 0 Å². The Kier molecular flexibility index (Phi) is 6.40. The maximum atomic E-state index is 10.4. The Hall–Kier alpha value is -3.11. The Morgan fingerprint density at radius 1 is 1.12 bits per heavy atom. The van der Waals surface area contributed by atoms with Gasteiger partial charge in [0.15, 0.2) is 0 Å². The number of aliphatic imine (C=N–C) groups is 1. The van der Waals surface area contributed by atoms with Crippen LogP contribution in [0.2, 0.25) is 0 Å². The Morgan fingerprint density at radius 2 is 1.92 bits per heavy atom. The van der Waals surface area contributed by atoms with Gasteiger partial charge in [0, 0.05) is 23.9 Å². The van der Waals surface area contributed by atoms with Crippen LogP contribution in [-0.4, -0.2) is 19.4 Å². The lowest BCUT2D eigenvalue weighted by atomic mass is 10.0. The van der Waals surface area contributed by atoms with E-state index in [1.807, 2.05) is 67.0 Å². The molecule has 0 N–H and O–H groups in total. The first kappa shape index (κ1) is 17.7. The fourth-order valence-electron chi connectivity index (χ4n) is 2.33. The molecular weight excluding hydrogens is 324 g/mol. The summed E-state index contributed by atoms with van der Waals surface area (Å²) in [5, 5.41) is 14.9. The highest BCUT2D eigenvalue weighted by atomic mass is 16.5. The lowest BCUT2D eigenvalue weighted by Gasteiger charge is -2.06. The van der Waals surface area contributed by atoms with Crippen LogP contribution in [0.5, 0.6) is 5.75 Å². The maximum Gasteiger partial charge on any atom is 0.277 e. The molecule has 0 saturated heterocycles. The molecule has 2 aromatic carbocycles. The lowest BCUT2D eigenvalue weighted by Crippen LogP contribution is -2.00. The molecule has 128 valence electrons. The zero-order chi connectivity index (χ0) is 18.0. The predicted octanol–water partition coefficient (Wildman–Crippen LogP) is 4.04. The highest BCUT2D eigenvalue weighted by Gasteiger charge is 2.05. The molecule has 0 spiro atoms. The predicted molar refractivity (Wildman–Crippen MR) is 102 cm³/mol. The zero-order valence-corrected chi connectivity index (χ0v) is 14.3. The summed E-state index contributed by atoms with van der Waals surface area (Å²) in [5.41, 5.74) is 3.97. The van der Waals surface area contributed by atoms with Crippen LogP contribution in [0, 0.1) is 6.07 Å². The largest absolute Gasteiger partial charge is 0.491 e. The summed E-state index contributed by atoms with van der Waals surface area (Å²) in [6.45, 7) is -0.0548. The van der Waals surface area contributed by atoms with Gasteiger partial charge in [-0.3, -0.25) is 5.32 Å². The van der Waals surface area contributed by atoms with Crippen molar-refractivity contribution in [2.75, 3.05) is 13.2 Å². The third-order valence-corrected chi connectivity index (χ3v) is 3.69. The number of hydrogen-bond acceptors (Lipinski definition) is 2. The molecule has 0 atom stereocenters. The molecule has 26 heavy (non-hydrogen) atoms. The smallest absolute Gasteiger partial charge is 0.277 e. The molecule has 0 fully saturated rings. The Balaban J connectivity index is 1.52. The molecule has 2 aromatic rings. The van der Waals surface area contributed by atoms with Crippen molar-refractivity contribution in [3.63, 3.8) is 0 Å². The minimum absolute atomic E-state index is 0.187. The van der Waals surface area contributed by atoms with Gasteiger partial charge in [-0.2, -0.15) is 0 Å². The molecular formula is C22H19N2O2+. The van der Waals surface area contributed by atoms with Crippen molar-refractivity contribution < 1.29 is 9.84 Å². The van der Waals surface area contributed by atoms with E-state index in [-0.39, 0.29) is 13.2 Å². The number of nitrogens with zero attached hydrogens (tertiary/aromatic N) is 2. The minimum atomic E-state index is -0.241. The fourth-order valence-corrected chi connectivity index (χ4v) is 2.33. The molecule has 0 amide bonds. The van der Waals surface area contributed by atoms with Gasteiger partial charge < -0.3 is 4.74 Å². The van der Waals surface area contributed by atoms with Crippen molar-refractivity contribution in [2.45, 2.75) is 6.42 Å². The first-order valence-electron chi connectivity index (χ1n) is 8.43. The highest BCUT2D eigenvalue weighted by Crippen LogP contribution is 2.18. The van der Waals surface area contributed by atoms with Gasteiger partial charge in [0.2, 0.25) is 6.21 Å². The average Bonchev–Trinajstić information content (AvgIpc) is 2.71. The second-order valence-corrected chi connectivity index (χ2v) is 5.64. The molecule has 0 bridgehead atoms. The van der Waals surface area contributed by atoms with Gasteiger partial charge in [-0.1, -0.05) is 12.2 Å². The number of hydrogen-bond donors (Lipinski definition) is 0. The van der Waals surface area contributed by atoms with Crippen LogP contribution in [-0.2, 0) is 5.11 Å². The second-order valence-electron chi connectivity index (χ2n) is 5.64. The zero-order valence-electron chi connectivity index (χ0n) is 14.3. The van der Waals surface area contributed by atoms with Gasteiger partial charge in [0.25, 0.3) is 5.69 Å². The van der Waals surface area contributed by atoms with Crippen LogP contribution >= 0.6 is 0 Å². The monoisotopic (exact) mass is 343 g/mol. The highest BCUT2D eigenvalue weighted by molar-refractivity contribution is 5.84. The van der Waals surface area contributed by atoms with Gasteiger partial charge >= 0.3 is 0 Å². The van der Waals surface area contributed by atoms with E-state index < -0.39 is 0 Å². The van der Waals surface area contributed by atoms with E-state index in [4.69, 9.17) is 4.74 Å². The average molecular weight is 343 g/mol. The molecule has 0 heterocycles. The standard InChI is InChI=1S/C22H19N2O2/c25-14-15-26-22-12-10-21(11-13-22)24-17-19-8-6-18(7-9-19)16-23-20-4-2-1-3-5-20/h2-8,10-13,16-17H,9,14-15H2/q+1. The van der Waals surface area contributed by atoms with Gasteiger partial charge in [-0.05, 0) is 60.5 Å². The Morgan fingerprint density at radius 3 is 2.62 bits per heavy atom.